The van der Waals surface area contributed by atoms with Gasteiger partial charge in [-0.05, 0) is 13.2 Å². The van der Waals surface area contributed by atoms with Gasteiger partial charge in [0.05, 0.1) is 12.2 Å². The minimum absolute atomic E-state index is 0.548. The van der Waals surface area contributed by atoms with Crippen molar-refractivity contribution in [3.05, 3.63) is 0 Å². The van der Waals surface area contributed by atoms with Gasteiger partial charge < -0.3 is 4.74 Å². The first-order valence-electron chi connectivity index (χ1n) is 2.63. The maximum atomic E-state index is 10.4. The third kappa shape index (κ3) is 4.20. The molecule has 0 saturated carbocycles. The quantitative estimate of drug-likeness (QED) is 0.356. The first-order chi connectivity index (χ1) is 4.70. The SMILES string of the molecule is COC(=O)N/N=C(\C)SC. The van der Waals surface area contributed by atoms with E-state index in [2.05, 4.69) is 15.3 Å². The van der Waals surface area contributed by atoms with Gasteiger partial charge in [0, 0.05) is 0 Å². The van der Waals surface area contributed by atoms with Crippen LogP contribution >= 0.6 is 11.8 Å². The Morgan fingerprint density at radius 2 is 2.30 bits per heavy atom. The van der Waals surface area contributed by atoms with Gasteiger partial charge in [-0.2, -0.15) is 5.10 Å². The van der Waals surface area contributed by atoms with Gasteiger partial charge in [-0.25, -0.2) is 10.2 Å². The number of nitrogens with zero attached hydrogens (tertiary/aromatic N) is 1. The summed E-state index contributed by atoms with van der Waals surface area (Å²) in [6, 6.07) is 0. The van der Waals surface area contributed by atoms with Crippen molar-refractivity contribution in [3.8, 4) is 0 Å². The summed E-state index contributed by atoms with van der Waals surface area (Å²) in [5.74, 6) is 0. The molecule has 0 spiro atoms. The lowest BCUT2D eigenvalue weighted by Gasteiger charge is -1.96. The molecule has 1 N–H and O–H groups in total. The fourth-order valence-electron chi connectivity index (χ4n) is 0.216. The van der Waals surface area contributed by atoms with E-state index >= 15 is 0 Å². The maximum absolute atomic E-state index is 10.4. The van der Waals surface area contributed by atoms with Crippen LogP contribution in [0.5, 0.6) is 0 Å². The van der Waals surface area contributed by atoms with Crippen LogP contribution < -0.4 is 5.43 Å². The molecule has 0 saturated heterocycles. The number of nitrogens with one attached hydrogen (secondary N) is 1. The predicted molar refractivity (Wildman–Crippen MR) is 42.2 cm³/mol. The number of thioether (sulfide) groups is 1. The summed E-state index contributed by atoms with van der Waals surface area (Å²) in [5, 5.41) is 4.45. The fourth-order valence-corrected chi connectivity index (χ4v) is 0.353. The molecule has 0 unspecified atom stereocenters. The molecule has 0 fully saturated rings. The Morgan fingerprint density at radius 1 is 1.70 bits per heavy atom. The van der Waals surface area contributed by atoms with Gasteiger partial charge in [-0.3, -0.25) is 0 Å². The highest BCUT2D eigenvalue weighted by Crippen LogP contribution is 1.93. The Balaban J connectivity index is 3.61. The van der Waals surface area contributed by atoms with E-state index in [1.165, 1.54) is 18.9 Å². The highest BCUT2D eigenvalue weighted by atomic mass is 32.2. The van der Waals surface area contributed by atoms with Crippen LogP contribution in [0.2, 0.25) is 0 Å². The molecule has 0 heterocycles. The maximum Gasteiger partial charge on any atom is 0.427 e. The van der Waals surface area contributed by atoms with Crippen molar-refractivity contribution in [2.24, 2.45) is 5.10 Å². The zero-order chi connectivity index (χ0) is 7.98. The zero-order valence-corrected chi connectivity index (χ0v) is 6.99. The second kappa shape index (κ2) is 5.10. The molecule has 0 radical (unpaired) electrons. The molecule has 0 rings (SSSR count). The molecule has 0 atom stereocenters. The predicted octanol–water partition coefficient (Wildman–Crippen LogP) is 1.04. The third-order valence-electron chi connectivity index (χ3n) is 0.785. The van der Waals surface area contributed by atoms with Gasteiger partial charge in [0.2, 0.25) is 0 Å². The van der Waals surface area contributed by atoms with Crippen LogP contribution in [-0.4, -0.2) is 24.5 Å². The van der Waals surface area contributed by atoms with E-state index in [0.29, 0.717) is 0 Å². The van der Waals surface area contributed by atoms with Gasteiger partial charge in [0.15, 0.2) is 0 Å². The number of carbonyl (C=O) groups excluding carboxylic acids is 1. The molecular weight excluding hydrogens is 152 g/mol. The largest absolute Gasteiger partial charge is 0.452 e. The van der Waals surface area contributed by atoms with Crippen LogP contribution in [-0.2, 0) is 4.74 Å². The second-order valence-electron chi connectivity index (χ2n) is 1.44. The molecule has 5 heteroatoms. The van der Waals surface area contributed by atoms with Crippen LogP contribution in [0.15, 0.2) is 5.10 Å². The van der Waals surface area contributed by atoms with Crippen molar-refractivity contribution in [1.29, 1.82) is 0 Å². The van der Waals surface area contributed by atoms with Crippen LogP contribution in [0.25, 0.3) is 0 Å². The fraction of sp³-hybridized carbons (Fsp3) is 0.600. The topological polar surface area (TPSA) is 50.7 Å². The van der Waals surface area contributed by atoms with Gasteiger partial charge in [-0.1, -0.05) is 0 Å². The molecule has 0 aromatic carbocycles. The number of carbonyl (C=O) groups is 1. The van der Waals surface area contributed by atoms with Crippen LogP contribution in [0.4, 0.5) is 4.79 Å². The van der Waals surface area contributed by atoms with Crippen LogP contribution in [0.3, 0.4) is 0 Å². The first-order valence-corrected chi connectivity index (χ1v) is 3.85. The molecular formula is C5H10N2O2S. The summed E-state index contributed by atoms with van der Waals surface area (Å²) in [5.41, 5.74) is 2.19. The van der Waals surface area contributed by atoms with Gasteiger partial charge >= 0.3 is 6.09 Å². The van der Waals surface area contributed by atoms with Gasteiger partial charge in [0.1, 0.15) is 0 Å². The van der Waals surface area contributed by atoms with Crippen LogP contribution in [0, 0.1) is 0 Å². The van der Waals surface area contributed by atoms with Crippen molar-refractivity contribution in [2.75, 3.05) is 13.4 Å². The number of hydrogen-bond acceptors (Lipinski definition) is 4. The van der Waals surface area contributed by atoms with E-state index < -0.39 is 6.09 Å². The first kappa shape index (κ1) is 9.29. The number of rotatable bonds is 1. The summed E-state index contributed by atoms with van der Waals surface area (Å²) in [4.78, 5) is 10.4. The highest BCUT2D eigenvalue weighted by Gasteiger charge is 1.93. The molecule has 0 bridgehead atoms. The minimum atomic E-state index is -0.548. The van der Waals surface area contributed by atoms with Crippen molar-refractivity contribution >= 4 is 22.9 Å². The zero-order valence-electron chi connectivity index (χ0n) is 6.17. The average molecular weight is 162 g/mol. The van der Waals surface area contributed by atoms with Gasteiger partial charge in [0.25, 0.3) is 0 Å². The molecule has 0 aliphatic rings. The lowest BCUT2D eigenvalue weighted by molar-refractivity contribution is 0.171. The number of methoxy groups -OCH3 is 1. The standard InChI is InChI=1S/C5H10N2O2S/c1-4(10-3)6-7-5(8)9-2/h1-3H3,(H,7,8)/b6-4+. The summed E-state index contributed by atoms with van der Waals surface area (Å²) < 4.78 is 4.28. The average Bonchev–Trinajstić information content (AvgIpc) is 1.99. The smallest absolute Gasteiger partial charge is 0.427 e. The molecule has 4 nitrogen and oxygen atoms in total. The summed E-state index contributed by atoms with van der Waals surface area (Å²) in [6.07, 6.45) is 1.33. The monoisotopic (exact) mass is 162 g/mol. The van der Waals surface area contributed by atoms with Gasteiger partial charge in [-0.15, -0.1) is 11.8 Å². The van der Waals surface area contributed by atoms with Crippen molar-refractivity contribution in [3.63, 3.8) is 0 Å². The summed E-state index contributed by atoms with van der Waals surface area (Å²) in [6.45, 7) is 1.79. The number of ether oxygens (including phenoxy) is 1. The Bertz CT molecular complexity index is 147. The molecule has 0 aromatic rings. The van der Waals surface area contributed by atoms with E-state index in [-0.39, 0.29) is 0 Å². The van der Waals surface area contributed by atoms with Crippen molar-refractivity contribution < 1.29 is 9.53 Å². The van der Waals surface area contributed by atoms with E-state index in [9.17, 15) is 4.79 Å². The van der Waals surface area contributed by atoms with E-state index in [1.54, 1.807) is 6.92 Å². The van der Waals surface area contributed by atoms with E-state index in [1.807, 2.05) is 6.26 Å². The van der Waals surface area contributed by atoms with Crippen molar-refractivity contribution in [1.82, 2.24) is 5.43 Å². The molecule has 0 aliphatic heterocycles. The Labute approximate surface area is 64.0 Å². The van der Waals surface area contributed by atoms with E-state index in [0.717, 1.165) is 5.04 Å². The van der Waals surface area contributed by atoms with E-state index in [4.69, 9.17) is 0 Å². The highest BCUT2D eigenvalue weighted by molar-refractivity contribution is 8.13. The minimum Gasteiger partial charge on any atom is -0.452 e. The van der Waals surface area contributed by atoms with Crippen LogP contribution in [0.1, 0.15) is 6.92 Å². The molecule has 0 aliphatic carbocycles. The molecule has 0 aromatic heterocycles. The normalized spacial score (nSPS) is 10.9. The molecule has 58 valence electrons. The number of hydrogen-bond donors (Lipinski definition) is 1. The Morgan fingerprint density at radius 3 is 2.70 bits per heavy atom. The molecule has 1 amide bonds. The lowest BCUT2D eigenvalue weighted by atomic mass is 10.9. The Kier molecular flexibility index (Phi) is 4.74. The Hall–Kier alpha value is -0.710. The summed E-state index contributed by atoms with van der Waals surface area (Å²) >= 11 is 1.46. The number of amides is 1. The third-order valence-corrected chi connectivity index (χ3v) is 1.47. The van der Waals surface area contributed by atoms with Crippen molar-refractivity contribution in [2.45, 2.75) is 6.92 Å². The summed E-state index contributed by atoms with van der Waals surface area (Å²) in [7, 11) is 1.29. The lowest BCUT2D eigenvalue weighted by Crippen LogP contribution is -2.17. The second-order valence-corrected chi connectivity index (χ2v) is 2.44. The number of hydrazone groups is 1. The molecule has 10 heavy (non-hydrogen) atoms.